The number of nitrogens with zero attached hydrogens (tertiary/aromatic N) is 1. The quantitative estimate of drug-likeness (QED) is 0.742. The third-order valence-corrected chi connectivity index (χ3v) is 3.44. The van der Waals surface area contributed by atoms with Crippen LogP contribution in [-0.2, 0) is 0 Å². The number of anilines is 3. The van der Waals surface area contributed by atoms with Gasteiger partial charge in [0.15, 0.2) is 0 Å². The van der Waals surface area contributed by atoms with Crippen molar-refractivity contribution >= 4 is 23.1 Å². The summed E-state index contributed by atoms with van der Waals surface area (Å²) in [6.07, 6.45) is 1.54. The molecule has 1 amide bonds. The summed E-state index contributed by atoms with van der Waals surface area (Å²) in [6.45, 7) is 1.93. The maximum atomic E-state index is 13.6. The molecule has 0 radical (unpaired) electrons. The molecule has 0 unspecified atom stereocenters. The monoisotopic (exact) mass is 321 g/mol. The highest BCUT2D eigenvalue weighted by molar-refractivity contribution is 6.03. The lowest BCUT2D eigenvalue weighted by Crippen LogP contribution is -2.13. The number of para-hydroxylation sites is 1. The molecule has 0 saturated heterocycles. The molecule has 0 bridgehead atoms. The van der Waals surface area contributed by atoms with Crippen molar-refractivity contribution in [3.8, 4) is 0 Å². The predicted molar refractivity (Wildman–Crippen MR) is 93.1 cm³/mol. The fourth-order valence-electron chi connectivity index (χ4n) is 2.23. The van der Waals surface area contributed by atoms with E-state index in [-0.39, 0.29) is 11.7 Å². The van der Waals surface area contributed by atoms with Crippen molar-refractivity contribution in [1.82, 2.24) is 4.98 Å². The van der Waals surface area contributed by atoms with Crippen LogP contribution >= 0.6 is 0 Å². The first kappa shape index (κ1) is 15.7. The molecule has 0 aliphatic heterocycles. The predicted octanol–water partition coefficient (Wildman–Crippen LogP) is 4.53. The molecule has 0 aliphatic rings. The molecule has 0 fully saturated rings. The molecule has 1 aromatic heterocycles. The first-order valence-electron chi connectivity index (χ1n) is 7.47. The highest BCUT2D eigenvalue weighted by Gasteiger charge is 2.07. The molecule has 3 aromatic rings. The van der Waals surface area contributed by atoms with E-state index in [4.69, 9.17) is 0 Å². The Labute approximate surface area is 139 Å². The summed E-state index contributed by atoms with van der Waals surface area (Å²) < 4.78 is 13.6. The van der Waals surface area contributed by atoms with Crippen molar-refractivity contribution in [2.24, 2.45) is 0 Å². The zero-order valence-electron chi connectivity index (χ0n) is 13.1. The maximum Gasteiger partial charge on any atom is 0.256 e. The van der Waals surface area contributed by atoms with E-state index >= 15 is 0 Å². The van der Waals surface area contributed by atoms with Gasteiger partial charge in [-0.3, -0.25) is 4.79 Å². The van der Waals surface area contributed by atoms with Gasteiger partial charge < -0.3 is 10.6 Å². The molecule has 1 heterocycles. The second kappa shape index (κ2) is 6.91. The summed E-state index contributed by atoms with van der Waals surface area (Å²) in [5, 5.41) is 5.68. The summed E-state index contributed by atoms with van der Waals surface area (Å²) >= 11 is 0. The third-order valence-electron chi connectivity index (χ3n) is 3.44. The average molecular weight is 321 g/mol. The molecule has 5 heteroatoms. The van der Waals surface area contributed by atoms with Crippen molar-refractivity contribution < 1.29 is 9.18 Å². The van der Waals surface area contributed by atoms with Crippen LogP contribution in [0.4, 0.5) is 21.6 Å². The van der Waals surface area contributed by atoms with Gasteiger partial charge in [-0.15, -0.1) is 0 Å². The minimum Gasteiger partial charge on any atom is -0.352 e. The van der Waals surface area contributed by atoms with Gasteiger partial charge in [0.05, 0.1) is 17.6 Å². The highest BCUT2D eigenvalue weighted by atomic mass is 19.1. The van der Waals surface area contributed by atoms with Crippen molar-refractivity contribution in [3.63, 3.8) is 0 Å². The highest BCUT2D eigenvalue weighted by Crippen LogP contribution is 2.20. The number of pyridine rings is 1. The molecule has 2 aromatic carbocycles. The van der Waals surface area contributed by atoms with Crippen LogP contribution in [0, 0.1) is 12.7 Å². The Kier molecular flexibility index (Phi) is 4.52. The van der Waals surface area contributed by atoms with Crippen LogP contribution in [0.3, 0.4) is 0 Å². The number of carbonyl (C=O) groups excluding carboxylic acids is 1. The number of aromatic nitrogens is 1. The first-order valence-corrected chi connectivity index (χ1v) is 7.47. The topological polar surface area (TPSA) is 54.0 Å². The van der Waals surface area contributed by atoms with E-state index in [0.717, 1.165) is 5.56 Å². The molecule has 120 valence electrons. The van der Waals surface area contributed by atoms with E-state index in [0.29, 0.717) is 22.8 Å². The van der Waals surface area contributed by atoms with Gasteiger partial charge in [-0.05, 0) is 43.3 Å². The van der Waals surface area contributed by atoms with Crippen molar-refractivity contribution in [2.45, 2.75) is 6.92 Å². The summed E-state index contributed by atoms with van der Waals surface area (Å²) in [7, 11) is 0. The molecule has 24 heavy (non-hydrogen) atoms. The molecule has 0 atom stereocenters. The number of nitrogens with one attached hydrogen (secondary N) is 2. The van der Waals surface area contributed by atoms with Crippen LogP contribution in [0.5, 0.6) is 0 Å². The van der Waals surface area contributed by atoms with Crippen molar-refractivity contribution in [1.29, 1.82) is 0 Å². The number of aryl methyl sites for hydroxylation is 1. The van der Waals surface area contributed by atoms with Crippen LogP contribution in [0.1, 0.15) is 15.9 Å². The van der Waals surface area contributed by atoms with Gasteiger partial charge in [0.2, 0.25) is 0 Å². The van der Waals surface area contributed by atoms with Crippen LogP contribution < -0.4 is 10.6 Å². The summed E-state index contributed by atoms with van der Waals surface area (Å²) in [5.74, 6) is -0.129. The lowest BCUT2D eigenvalue weighted by atomic mass is 10.1. The number of carbonyl (C=O) groups is 1. The summed E-state index contributed by atoms with van der Waals surface area (Å²) in [6, 6.07) is 17.1. The molecule has 0 saturated carbocycles. The van der Waals surface area contributed by atoms with E-state index in [9.17, 15) is 9.18 Å². The lowest BCUT2D eigenvalue weighted by molar-refractivity contribution is 0.102. The largest absolute Gasteiger partial charge is 0.352 e. The Balaban J connectivity index is 1.68. The Morgan fingerprint density at radius 2 is 1.88 bits per heavy atom. The molecule has 0 aliphatic carbocycles. The number of halogens is 1. The van der Waals surface area contributed by atoms with Crippen LogP contribution in [0.25, 0.3) is 0 Å². The second-order valence-electron chi connectivity index (χ2n) is 5.36. The van der Waals surface area contributed by atoms with Crippen molar-refractivity contribution in [3.05, 3.63) is 83.8 Å². The van der Waals surface area contributed by atoms with Gasteiger partial charge in [0, 0.05) is 5.56 Å². The number of rotatable bonds is 4. The van der Waals surface area contributed by atoms with Gasteiger partial charge in [-0.2, -0.15) is 0 Å². The number of hydrogen-bond acceptors (Lipinski definition) is 3. The van der Waals surface area contributed by atoms with E-state index in [2.05, 4.69) is 15.6 Å². The summed E-state index contributed by atoms with van der Waals surface area (Å²) in [4.78, 5) is 16.3. The lowest BCUT2D eigenvalue weighted by Gasteiger charge is -2.09. The molecule has 2 N–H and O–H groups in total. The first-order chi connectivity index (χ1) is 11.6. The van der Waals surface area contributed by atoms with Gasteiger partial charge >= 0.3 is 0 Å². The zero-order valence-corrected chi connectivity index (χ0v) is 13.1. The van der Waals surface area contributed by atoms with Crippen LogP contribution in [0.15, 0.2) is 66.9 Å². The molecule has 3 rings (SSSR count). The zero-order chi connectivity index (χ0) is 16.9. The van der Waals surface area contributed by atoms with Gasteiger partial charge in [0.25, 0.3) is 5.91 Å². The molecular weight excluding hydrogens is 305 g/mol. The molecular formula is C19H16FN3O. The van der Waals surface area contributed by atoms with Crippen LogP contribution in [-0.4, -0.2) is 10.9 Å². The minimum absolute atomic E-state index is 0.221. The number of hydrogen-bond donors (Lipinski definition) is 2. The Morgan fingerprint density at radius 1 is 1.04 bits per heavy atom. The Bertz CT molecular complexity index is 862. The third kappa shape index (κ3) is 3.76. The van der Waals surface area contributed by atoms with Crippen LogP contribution in [0.2, 0.25) is 0 Å². The number of amides is 1. The van der Waals surface area contributed by atoms with E-state index in [1.165, 1.54) is 12.3 Å². The normalized spacial score (nSPS) is 10.2. The fraction of sp³-hybridized carbons (Fsp3) is 0.0526. The fourth-order valence-corrected chi connectivity index (χ4v) is 2.23. The maximum absolute atomic E-state index is 13.6. The van der Waals surface area contributed by atoms with Gasteiger partial charge in [-0.25, -0.2) is 9.37 Å². The SMILES string of the molecule is Cc1cccc(C(=O)Nc2ccc(Nc3ccccc3F)cn2)c1. The standard InChI is InChI=1S/C19H16FN3O/c1-13-5-4-6-14(11-13)19(24)23-18-10-9-15(12-21-18)22-17-8-3-2-7-16(17)20/h2-12,22H,1H3,(H,21,23,24). The Morgan fingerprint density at radius 3 is 2.58 bits per heavy atom. The van der Waals surface area contributed by atoms with Crippen molar-refractivity contribution in [2.75, 3.05) is 10.6 Å². The van der Waals surface area contributed by atoms with Gasteiger partial charge in [0.1, 0.15) is 11.6 Å². The Hall–Kier alpha value is -3.21. The van der Waals surface area contributed by atoms with E-state index < -0.39 is 0 Å². The van der Waals surface area contributed by atoms with E-state index in [1.807, 2.05) is 25.1 Å². The summed E-state index contributed by atoms with van der Waals surface area (Å²) in [5.41, 5.74) is 2.59. The smallest absolute Gasteiger partial charge is 0.256 e. The van der Waals surface area contributed by atoms with E-state index in [1.54, 1.807) is 36.4 Å². The molecule has 0 spiro atoms. The average Bonchev–Trinajstić information content (AvgIpc) is 2.58. The molecule has 4 nitrogen and oxygen atoms in total. The minimum atomic E-state index is -0.339. The van der Waals surface area contributed by atoms with Gasteiger partial charge in [-0.1, -0.05) is 29.8 Å². The number of benzene rings is 2. The second-order valence-corrected chi connectivity index (χ2v) is 5.36.